The average molecular weight is 230 g/mol. The minimum Gasteiger partial charge on any atom is -0.449 e. The maximum Gasteiger partial charge on any atom is 0.306 e. The lowest BCUT2D eigenvalue weighted by atomic mass is 10.1. The summed E-state index contributed by atoms with van der Waals surface area (Å²) in [6.45, 7) is 5.77. The largest absolute Gasteiger partial charge is 0.449 e. The highest BCUT2D eigenvalue weighted by molar-refractivity contribution is 5.69. The molecule has 0 bridgehead atoms. The second-order valence-corrected chi connectivity index (χ2v) is 4.14. The van der Waals surface area contributed by atoms with Gasteiger partial charge in [0.05, 0.1) is 0 Å². The van der Waals surface area contributed by atoms with Crippen molar-refractivity contribution in [2.45, 2.75) is 33.3 Å². The van der Waals surface area contributed by atoms with Gasteiger partial charge in [-0.3, -0.25) is 4.79 Å². The third kappa shape index (κ3) is 4.74. The molecule has 1 aromatic carbocycles. The second-order valence-electron chi connectivity index (χ2n) is 4.14. The standard InChI is InChI=1S/C15H18O2/c1-4-15(16)17-14(12(2)3)11-10-13-8-6-5-7-9-13/h5-9,12,14H,4H2,1-3H3/t14-/m0/s1. The Morgan fingerprint density at radius 3 is 2.47 bits per heavy atom. The van der Waals surface area contributed by atoms with Crippen molar-refractivity contribution in [2.75, 3.05) is 0 Å². The van der Waals surface area contributed by atoms with E-state index < -0.39 is 0 Å². The lowest BCUT2D eigenvalue weighted by molar-refractivity contribution is -0.147. The van der Waals surface area contributed by atoms with Gasteiger partial charge in [0.2, 0.25) is 0 Å². The van der Waals surface area contributed by atoms with E-state index in [0.29, 0.717) is 6.42 Å². The molecular weight excluding hydrogens is 212 g/mol. The predicted molar refractivity (Wildman–Crippen MR) is 68.3 cm³/mol. The van der Waals surface area contributed by atoms with Crippen LogP contribution in [0.4, 0.5) is 0 Å². The highest BCUT2D eigenvalue weighted by Gasteiger charge is 2.14. The zero-order valence-corrected chi connectivity index (χ0v) is 10.6. The Kier molecular flexibility index (Phi) is 5.29. The summed E-state index contributed by atoms with van der Waals surface area (Å²) >= 11 is 0. The van der Waals surface area contributed by atoms with Gasteiger partial charge in [-0.15, -0.1) is 0 Å². The first-order chi connectivity index (χ1) is 8.13. The highest BCUT2D eigenvalue weighted by Crippen LogP contribution is 2.07. The molecule has 0 N–H and O–H groups in total. The molecule has 0 spiro atoms. The molecule has 0 aromatic heterocycles. The van der Waals surface area contributed by atoms with Crippen molar-refractivity contribution in [1.82, 2.24) is 0 Å². The van der Waals surface area contributed by atoms with Crippen molar-refractivity contribution in [3.63, 3.8) is 0 Å². The van der Waals surface area contributed by atoms with Crippen LogP contribution >= 0.6 is 0 Å². The molecule has 0 radical (unpaired) electrons. The lowest BCUT2D eigenvalue weighted by Gasteiger charge is -2.15. The molecule has 2 nitrogen and oxygen atoms in total. The van der Waals surface area contributed by atoms with Crippen molar-refractivity contribution in [1.29, 1.82) is 0 Å². The van der Waals surface area contributed by atoms with E-state index in [2.05, 4.69) is 11.8 Å². The zero-order chi connectivity index (χ0) is 12.7. The van der Waals surface area contributed by atoms with Crippen molar-refractivity contribution in [3.05, 3.63) is 35.9 Å². The Labute approximate surface area is 103 Å². The van der Waals surface area contributed by atoms with Crippen LogP contribution in [0.25, 0.3) is 0 Å². The molecule has 0 amide bonds. The zero-order valence-electron chi connectivity index (χ0n) is 10.6. The van der Waals surface area contributed by atoms with E-state index in [1.165, 1.54) is 0 Å². The van der Waals surface area contributed by atoms with Crippen LogP contribution in [0, 0.1) is 17.8 Å². The summed E-state index contributed by atoms with van der Waals surface area (Å²) in [5.41, 5.74) is 0.936. The molecule has 2 heteroatoms. The number of esters is 1. The normalized spacial score (nSPS) is 11.5. The van der Waals surface area contributed by atoms with Crippen LogP contribution in [-0.2, 0) is 9.53 Å². The van der Waals surface area contributed by atoms with Gasteiger partial charge in [0.25, 0.3) is 0 Å². The van der Waals surface area contributed by atoms with Crippen LogP contribution in [0.15, 0.2) is 30.3 Å². The first kappa shape index (κ1) is 13.3. The smallest absolute Gasteiger partial charge is 0.306 e. The molecule has 0 fully saturated rings. The average Bonchev–Trinajstić information content (AvgIpc) is 2.35. The number of hydrogen-bond acceptors (Lipinski definition) is 2. The van der Waals surface area contributed by atoms with Crippen LogP contribution in [0.5, 0.6) is 0 Å². The van der Waals surface area contributed by atoms with Crippen LogP contribution in [0.2, 0.25) is 0 Å². The summed E-state index contributed by atoms with van der Waals surface area (Å²) in [6, 6.07) is 9.69. The van der Waals surface area contributed by atoms with Crippen molar-refractivity contribution < 1.29 is 9.53 Å². The van der Waals surface area contributed by atoms with Gasteiger partial charge in [-0.1, -0.05) is 50.8 Å². The van der Waals surface area contributed by atoms with Gasteiger partial charge in [0.15, 0.2) is 6.10 Å². The molecule has 0 heterocycles. The van der Waals surface area contributed by atoms with Gasteiger partial charge in [-0.25, -0.2) is 0 Å². The molecule has 0 aliphatic heterocycles. The molecule has 0 saturated heterocycles. The Morgan fingerprint density at radius 2 is 1.94 bits per heavy atom. The quantitative estimate of drug-likeness (QED) is 0.589. The van der Waals surface area contributed by atoms with Gasteiger partial charge in [-0.05, 0) is 12.1 Å². The van der Waals surface area contributed by atoms with E-state index in [1.54, 1.807) is 6.92 Å². The van der Waals surface area contributed by atoms with Crippen LogP contribution in [0.3, 0.4) is 0 Å². The van der Waals surface area contributed by atoms with Gasteiger partial charge >= 0.3 is 5.97 Å². The lowest BCUT2D eigenvalue weighted by Crippen LogP contribution is -2.21. The monoisotopic (exact) mass is 230 g/mol. The van der Waals surface area contributed by atoms with E-state index in [-0.39, 0.29) is 18.0 Å². The Balaban J connectivity index is 2.74. The number of carbonyl (C=O) groups is 1. The molecule has 1 rings (SSSR count). The van der Waals surface area contributed by atoms with E-state index in [9.17, 15) is 4.79 Å². The minimum absolute atomic E-state index is 0.196. The van der Waals surface area contributed by atoms with Gasteiger partial charge < -0.3 is 4.74 Å². The molecule has 17 heavy (non-hydrogen) atoms. The Hall–Kier alpha value is -1.75. The molecule has 0 saturated carbocycles. The molecule has 1 atom stereocenters. The van der Waals surface area contributed by atoms with Gasteiger partial charge in [0.1, 0.15) is 0 Å². The summed E-state index contributed by atoms with van der Waals surface area (Å²) < 4.78 is 5.27. The maximum absolute atomic E-state index is 11.2. The summed E-state index contributed by atoms with van der Waals surface area (Å²) in [7, 11) is 0. The van der Waals surface area contributed by atoms with Crippen LogP contribution in [0.1, 0.15) is 32.8 Å². The fourth-order valence-electron chi connectivity index (χ4n) is 1.23. The van der Waals surface area contributed by atoms with Crippen LogP contribution in [-0.4, -0.2) is 12.1 Å². The summed E-state index contributed by atoms with van der Waals surface area (Å²) in [5, 5.41) is 0. The summed E-state index contributed by atoms with van der Waals surface area (Å²) in [6.07, 6.45) is 0.0543. The number of ether oxygens (including phenoxy) is 1. The fraction of sp³-hybridized carbons (Fsp3) is 0.400. The van der Waals surface area contributed by atoms with Crippen molar-refractivity contribution in [2.24, 2.45) is 5.92 Å². The molecule has 1 aromatic rings. The predicted octanol–water partition coefficient (Wildman–Crippen LogP) is 3.02. The highest BCUT2D eigenvalue weighted by atomic mass is 16.5. The fourth-order valence-corrected chi connectivity index (χ4v) is 1.23. The van der Waals surface area contributed by atoms with Crippen LogP contribution < -0.4 is 0 Å². The van der Waals surface area contributed by atoms with Gasteiger partial charge in [-0.2, -0.15) is 0 Å². The molecule has 90 valence electrons. The SMILES string of the molecule is CCC(=O)O[C@@H](C#Cc1ccccc1)C(C)C. The molecule has 0 aliphatic carbocycles. The second kappa shape index (κ2) is 6.75. The number of benzene rings is 1. The topological polar surface area (TPSA) is 26.3 Å². The van der Waals surface area contributed by atoms with Crippen molar-refractivity contribution in [3.8, 4) is 11.8 Å². The first-order valence-corrected chi connectivity index (χ1v) is 5.89. The maximum atomic E-state index is 11.2. The Morgan fingerprint density at radius 1 is 1.29 bits per heavy atom. The third-order valence-corrected chi connectivity index (χ3v) is 2.29. The number of carbonyl (C=O) groups excluding carboxylic acids is 1. The van der Waals surface area contributed by atoms with E-state index in [0.717, 1.165) is 5.56 Å². The summed E-state index contributed by atoms with van der Waals surface area (Å²) in [5.74, 6) is 6.03. The number of rotatable bonds is 3. The van der Waals surface area contributed by atoms with E-state index in [4.69, 9.17) is 4.74 Å². The molecule has 0 unspecified atom stereocenters. The first-order valence-electron chi connectivity index (χ1n) is 5.89. The Bertz CT molecular complexity index is 410. The van der Waals surface area contributed by atoms with Gasteiger partial charge in [0, 0.05) is 17.9 Å². The molecule has 0 aliphatic rings. The minimum atomic E-state index is -0.331. The number of hydrogen-bond donors (Lipinski definition) is 0. The van der Waals surface area contributed by atoms with E-state index in [1.807, 2.05) is 44.2 Å². The van der Waals surface area contributed by atoms with E-state index >= 15 is 0 Å². The molecular formula is C15H18O2. The third-order valence-electron chi connectivity index (χ3n) is 2.29. The summed E-state index contributed by atoms with van der Waals surface area (Å²) in [4.78, 5) is 11.2. The van der Waals surface area contributed by atoms with Crippen molar-refractivity contribution >= 4 is 5.97 Å².